The van der Waals surface area contributed by atoms with Crippen LogP contribution in [0, 0.1) is 11.8 Å². The molecule has 0 saturated heterocycles. The van der Waals surface area contributed by atoms with E-state index in [2.05, 4.69) is 0 Å². The van der Waals surface area contributed by atoms with Gasteiger partial charge in [0.25, 0.3) is 0 Å². The largest absolute Gasteiger partial charge is 0.469 e. The number of hydrogen-bond acceptors (Lipinski definition) is 3. The summed E-state index contributed by atoms with van der Waals surface area (Å²) in [4.78, 5) is 23.8. The molecule has 0 N–H and O–H groups in total. The Morgan fingerprint density at radius 3 is 1.88 bits per heavy atom. The summed E-state index contributed by atoms with van der Waals surface area (Å²) in [6, 6.07) is 0. The van der Waals surface area contributed by atoms with Gasteiger partial charge in [-0.15, -0.1) is 0 Å². The Labute approximate surface area is 105 Å². The lowest BCUT2D eigenvalue weighted by Crippen LogP contribution is -2.30. The zero-order valence-corrected chi connectivity index (χ0v) is 11.6. The summed E-state index contributed by atoms with van der Waals surface area (Å²) in [5.74, 6) is -0.399. The van der Waals surface area contributed by atoms with E-state index in [1.165, 1.54) is 7.11 Å². The van der Waals surface area contributed by atoms with Gasteiger partial charge in [0.15, 0.2) is 0 Å². The van der Waals surface area contributed by atoms with E-state index in [1.807, 2.05) is 20.8 Å². The fourth-order valence-electron chi connectivity index (χ4n) is 2.28. The molecule has 0 rings (SSSR count). The first kappa shape index (κ1) is 16.1. The molecule has 0 saturated carbocycles. The SMILES string of the molecule is CCCC(=O)C(CCC)C(CCC)C(=O)OC. The first-order chi connectivity index (χ1) is 8.12. The highest BCUT2D eigenvalue weighted by atomic mass is 16.5. The molecule has 2 unspecified atom stereocenters. The van der Waals surface area contributed by atoms with E-state index in [4.69, 9.17) is 4.74 Å². The van der Waals surface area contributed by atoms with Crippen molar-refractivity contribution in [1.29, 1.82) is 0 Å². The predicted molar refractivity (Wildman–Crippen MR) is 68.7 cm³/mol. The highest BCUT2D eigenvalue weighted by Gasteiger charge is 2.32. The molecule has 17 heavy (non-hydrogen) atoms. The highest BCUT2D eigenvalue weighted by molar-refractivity contribution is 5.86. The number of hydrogen-bond donors (Lipinski definition) is 0. The van der Waals surface area contributed by atoms with Crippen LogP contribution >= 0.6 is 0 Å². The molecule has 3 nitrogen and oxygen atoms in total. The minimum Gasteiger partial charge on any atom is -0.469 e. The number of Topliss-reactive ketones (excluding diaryl/α,β-unsaturated/α-hetero) is 1. The second-order valence-corrected chi connectivity index (χ2v) is 4.53. The van der Waals surface area contributed by atoms with E-state index in [9.17, 15) is 9.59 Å². The van der Waals surface area contributed by atoms with Crippen molar-refractivity contribution < 1.29 is 14.3 Å². The van der Waals surface area contributed by atoms with Gasteiger partial charge in [-0.1, -0.05) is 33.6 Å². The van der Waals surface area contributed by atoms with Gasteiger partial charge < -0.3 is 4.74 Å². The Morgan fingerprint density at radius 2 is 1.47 bits per heavy atom. The molecular formula is C14H26O3. The number of ether oxygens (including phenoxy) is 1. The molecule has 0 fully saturated rings. The van der Waals surface area contributed by atoms with Crippen LogP contribution in [0.2, 0.25) is 0 Å². The number of ketones is 1. The summed E-state index contributed by atoms with van der Waals surface area (Å²) in [5.41, 5.74) is 0. The van der Waals surface area contributed by atoms with Crippen LogP contribution in [-0.4, -0.2) is 18.9 Å². The van der Waals surface area contributed by atoms with E-state index < -0.39 is 0 Å². The van der Waals surface area contributed by atoms with Gasteiger partial charge >= 0.3 is 5.97 Å². The molecule has 3 heteroatoms. The summed E-state index contributed by atoms with van der Waals surface area (Å²) in [5, 5.41) is 0. The lowest BCUT2D eigenvalue weighted by molar-refractivity contribution is -0.150. The van der Waals surface area contributed by atoms with Crippen LogP contribution in [0.4, 0.5) is 0 Å². The van der Waals surface area contributed by atoms with Crippen molar-refractivity contribution in [2.24, 2.45) is 11.8 Å². The fourth-order valence-corrected chi connectivity index (χ4v) is 2.28. The maximum absolute atomic E-state index is 12.1. The zero-order valence-electron chi connectivity index (χ0n) is 11.6. The summed E-state index contributed by atoms with van der Waals surface area (Å²) in [6.45, 7) is 6.07. The molecule has 0 aliphatic rings. The van der Waals surface area contributed by atoms with Crippen molar-refractivity contribution in [3.05, 3.63) is 0 Å². The monoisotopic (exact) mass is 242 g/mol. The molecular weight excluding hydrogens is 216 g/mol. The van der Waals surface area contributed by atoms with Crippen molar-refractivity contribution in [2.45, 2.75) is 59.3 Å². The molecule has 100 valence electrons. The molecule has 0 spiro atoms. The van der Waals surface area contributed by atoms with Crippen LogP contribution in [-0.2, 0) is 14.3 Å². The molecule has 0 aliphatic heterocycles. The van der Waals surface area contributed by atoms with E-state index in [0.29, 0.717) is 6.42 Å². The molecule has 2 atom stereocenters. The third kappa shape index (κ3) is 5.33. The van der Waals surface area contributed by atoms with Crippen molar-refractivity contribution in [1.82, 2.24) is 0 Å². The molecule has 0 aliphatic carbocycles. The van der Waals surface area contributed by atoms with Crippen molar-refractivity contribution in [2.75, 3.05) is 7.11 Å². The van der Waals surface area contributed by atoms with Gasteiger partial charge in [0.2, 0.25) is 0 Å². The van der Waals surface area contributed by atoms with Gasteiger partial charge in [0.1, 0.15) is 5.78 Å². The number of methoxy groups -OCH3 is 1. The first-order valence-electron chi connectivity index (χ1n) is 6.72. The van der Waals surface area contributed by atoms with Gasteiger partial charge in [-0.05, 0) is 19.3 Å². The average molecular weight is 242 g/mol. The molecule has 0 radical (unpaired) electrons. The Bertz CT molecular complexity index is 236. The molecule has 0 aromatic rings. The standard InChI is InChI=1S/C14H26O3/c1-5-8-11(13(15)10-7-3)12(9-6-2)14(16)17-4/h11-12H,5-10H2,1-4H3. The maximum atomic E-state index is 12.1. The number of carbonyl (C=O) groups excluding carboxylic acids is 2. The Balaban J connectivity index is 4.80. The van der Waals surface area contributed by atoms with E-state index >= 15 is 0 Å². The lowest BCUT2D eigenvalue weighted by atomic mass is 9.81. The summed E-state index contributed by atoms with van der Waals surface area (Å²) < 4.78 is 4.83. The van der Waals surface area contributed by atoms with Crippen LogP contribution in [0.15, 0.2) is 0 Å². The van der Waals surface area contributed by atoms with Crippen molar-refractivity contribution in [3.8, 4) is 0 Å². The third-order valence-electron chi connectivity index (χ3n) is 3.10. The Hall–Kier alpha value is -0.860. The summed E-state index contributed by atoms with van der Waals surface area (Å²) in [7, 11) is 1.40. The first-order valence-corrected chi connectivity index (χ1v) is 6.72. The van der Waals surface area contributed by atoms with Gasteiger partial charge in [0.05, 0.1) is 13.0 Å². The fraction of sp³-hybridized carbons (Fsp3) is 0.857. The van der Waals surface area contributed by atoms with Crippen LogP contribution in [0.25, 0.3) is 0 Å². The topological polar surface area (TPSA) is 43.4 Å². The van der Waals surface area contributed by atoms with Gasteiger partial charge in [-0.2, -0.15) is 0 Å². The quantitative estimate of drug-likeness (QED) is 0.582. The summed E-state index contributed by atoms with van der Waals surface area (Å²) >= 11 is 0. The number of carbonyl (C=O) groups is 2. The third-order valence-corrected chi connectivity index (χ3v) is 3.10. The van der Waals surface area contributed by atoms with Crippen molar-refractivity contribution >= 4 is 11.8 Å². The summed E-state index contributed by atoms with van der Waals surface area (Å²) in [6.07, 6.45) is 4.78. The Morgan fingerprint density at radius 1 is 0.941 bits per heavy atom. The molecule has 0 bridgehead atoms. The minimum atomic E-state index is -0.246. The van der Waals surface area contributed by atoms with E-state index in [0.717, 1.165) is 32.1 Å². The molecule has 0 aromatic carbocycles. The molecule has 0 amide bonds. The predicted octanol–water partition coefficient (Wildman–Crippen LogP) is 3.36. The smallest absolute Gasteiger partial charge is 0.309 e. The van der Waals surface area contributed by atoms with Crippen LogP contribution in [0.1, 0.15) is 59.3 Å². The van der Waals surface area contributed by atoms with Gasteiger partial charge in [-0.25, -0.2) is 0 Å². The van der Waals surface area contributed by atoms with Gasteiger partial charge in [0, 0.05) is 12.3 Å². The van der Waals surface area contributed by atoms with Crippen LogP contribution < -0.4 is 0 Å². The van der Waals surface area contributed by atoms with E-state index in [1.54, 1.807) is 0 Å². The van der Waals surface area contributed by atoms with Crippen LogP contribution in [0.3, 0.4) is 0 Å². The highest BCUT2D eigenvalue weighted by Crippen LogP contribution is 2.26. The van der Waals surface area contributed by atoms with Crippen LogP contribution in [0.5, 0.6) is 0 Å². The second kappa shape index (κ2) is 9.20. The van der Waals surface area contributed by atoms with Crippen molar-refractivity contribution in [3.63, 3.8) is 0 Å². The number of esters is 1. The normalized spacial score (nSPS) is 14.1. The lowest BCUT2D eigenvalue weighted by Gasteiger charge is -2.23. The Kier molecular flexibility index (Phi) is 8.73. The zero-order chi connectivity index (χ0) is 13.3. The molecule has 0 heterocycles. The van der Waals surface area contributed by atoms with Gasteiger partial charge in [-0.3, -0.25) is 9.59 Å². The molecule has 0 aromatic heterocycles. The average Bonchev–Trinajstić information content (AvgIpc) is 2.33. The minimum absolute atomic E-state index is 0.146. The van der Waals surface area contributed by atoms with E-state index in [-0.39, 0.29) is 23.6 Å². The number of rotatable bonds is 9. The maximum Gasteiger partial charge on any atom is 0.309 e. The second-order valence-electron chi connectivity index (χ2n) is 4.53.